The van der Waals surface area contributed by atoms with Crippen molar-refractivity contribution in [3.8, 4) is 0 Å². The second-order valence-electron chi connectivity index (χ2n) is 2.49. The summed E-state index contributed by atoms with van der Waals surface area (Å²) < 4.78 is 24.7. The van der Waals surface area contributed by atoms with E-state index in [1.54, 1.807) is 12.2 Å². The Morgan fingerprint density at radius 1 is 1.60 bits per heavy atom. The summed E-state index contributed by atoms with van der Waals surface area (Å²) in [6, 6.07) is 0. The van der Waals surface area contributed by atoms with Gasteiger partial charge in [-0.3, -0.25) is 0 Å². The Morgan fingerprint density at radius 3 is 2.40 bits per heavy atom. The lowest BCUT2D eigenvalue weighted by Crippen LogP contribution is -1.93. The summed E-state index contributed by atoms with van der Waals surface area (Å²) in [5.74, 6) is -3.23. The van der Waals surface area contributed by atoms with Gasteiger partial charge in [0.25, 0.3) is 5.92 Å². The largest absolute Gasteiger partial charge is 0.269 e. The molecule has 0 aromatic carbocycles. The topological polar surface area (TPSA) is 0 Å². The maximum atomic E-state index is 12.3. The molecule has 2 atom stereocenters. The predicted molar refractivity (Wildman–Crippen MR) is 37.5 cm³/mol. The summed E-state index contributed by atoms with van der Waals surface area (Å²) in [5, 5.41) is -0.927. The fourth-order valence-corrected chi connectivity index (χ4v) is 1.27. The molecule has 1 unspecified atom stereocenters. The zero-order valence-corrected chi connectivity index (χ0v) is 6.41. The van der Waals surface area contributed by atoms with E-state index in [2.05, 4.69) is 0 Å². The van der Waals surface area contributed by atoms with Crippen LogP contribution in [-0.2, 0) is 0 Å². The summed E-state index contributed by atoms with van der Waals surface area (Å²) >= 11 is 5.30. The van der Waals surface area contributed by atoms with Crippen molar-refractivity contribution in [3.05, 3.63) is 12.2 Å². The van der Waals surface area contributed by atoms with Gasteiger partial charge in [0.1, 0.15) is 5.38 Å². The van der Waals surface area contributed by atoms with Gasteiger partial charge in [-0.1, -0.05) is 12.2 Å². The molecule has 1 fully saturated rings. The average Bonchev–Trinajstić information content (AvgIpc) is 2.31. The molecule has 1 aliphatic rings. The van der Waals surface area contributed by atoms with E-state index in [0.717, 1.165) is 0 Å². The SMILES string of the molecule is CC=CCC1[C@@H](Cl)C1(F)F. The van der Waals surface area contributed by atoms with Crippen molar-refractivity contribution in [3.63, 3.8) is 0 Å². The molecule has 0 heterocycles. The molecule has 0 amide bonds. The van der Waals surface area contributed by atoms with Crippen LogP contribution in [0, 0.1) is 5.92 Å². The third-order valence-corrected chi connectivity index (χ3v) is 2.33. The maximum absolute atomic E-state index is 12.3. The summed E-state index contributed by atoms with van der Waals surface area (Å²) in [6.07, 6.45) is 3.89. The third kappa shape index (κ3) is 1.17. The van der Waals surface area contributed by atoms with Crippen molar-refractivity contribution < 1.29 is 8.78 Å². The number of alkyl halides is 3. The van der Waals surface area contributed by atoms with Crippen LogP contribution in [0.25, 0.3) is 0 Å². The Bertz CT molecular complexity index is 154. The molecule has 0 aromatic rings. The number of allylic oxidation sites excluding steroid dienone is 2. The fraction of sp³-hybridized carbons (Fsp3) is 0.714. The molecule has 1 aliphatic carbocycles. The molecule has 0 spiro atoms. The highest BCUT2D eigenvalue weighted by Gasteiger charge is 2.66. The van der Waals surface area contributed by atoms with E-state index in [9.17, 15) is 8.78 Å². The molecule has 0 saturated heterocycles. The highest BCUT2D eigenvalue weighted by molar-refractivity contribution is 6.23. The van der Waals surface area contributed by atoms with Crippen LogP contribution in [0.2, 0.25) is 0 Å². The minimum absolute atomic E-state index is 0.400. The van der Waals surface area contributed by atoms with Gasteiger partial charge in [-0.05, 0) is 13.3 Å². The van der Waals surface area contributed by atoms with Crippen molar-refractivity contribution in [1.82, 2.24) is 0 Å². The first kappa shape index (κ1) is 7.99. The zero-order chi connectivity index (χ0) is 7.78. The van der Waals surface area contributed by atoms with Gasteiger partial charge in [-0.15, -0.1) is 11.6 Å². The van der Waals surface area contributed by atoms with Crippen molar-refractivity contribution in [2.24, 2.45) is 5.92 Å². The molecular formula is C7H9ClF2. The monoisotopic (exact) mass is 166 g/mol. The zero-order valence-electron chi connectivity index (χ0n) is 5.65. The molecular weight excluding hydrogens is 158 g/mol. The van der Waals surface area contributed by atoms with Crippen LogP contribution in [0.5, 0.6) is 0 Å². The van der Waals surface area contributed by atoms with Crippen LogP contribution in [0.3, 0.4) is 0 Å². The second kappa shape index (κ2) is 2.50. The standard InChI is InChI=1S/C7H9ClF2/c1-2-3-4-5-6(8)7(5,9)10/h2-3,5-6H,4H2,1H3/t5?,6-/m1/s1. The molecule has 0 aromatic heterocycles. The lowest BCUT2D eigenvalue weighted by molar-refractivity contribution is 0.100. The maximum Gasteiger partial charge on any atom is 0.269 e. The van der Waals surface area contributed by atoms with Gasteiger partial charge < -0.3 is 0 Å². The number of halogens is 3. The summed E-state index contributed by atoms with van der Waals surface area (Å²) in [7, 11) is 0. The van der Waals surface area contributed by atoms with E-state index in [-0.39, 0.29) is 0 Å². The number of hydrogen-bond donors (Lipinski definition) is 0. The van der Waals surface area contributed by atoms with Gasteiger partial charge in [0.2, 0.25) is 0 Å². The Morgan fingerprint density at radius 2 is 2.10 bits per heavy atom. The van der Waals surface area contributed by atoms with E-state index in [4.69, 9.17) is 11.6 Å². The van der Waals surface area contributed by atoms with E-state index in [0.29, 0.717) is 6.42 Å². The van der Waals surface area contributed by atoms with Crippen molar-refractivity contribution in [1.29, 1.82) is 0 Å². The quantitative estimate of drug-likeness (QED) is 0.437. The fourth-order valence-electron chi connectivity index (χ4n) is 0.908. The Hall–Kier alpha value is -0.110. The Balaban J connectivity index is 2.35. The predicted octanol–water partition coefficient (Wildman–Crippen LogP) is 2.83. The third-order valence-electron chi connectivity index (χ3n) is 1.73. The molecule has 1 rings (SSSR count). The normalized spacial score (nSPS) is 36.8. The van der Waals surface area contributed by atoms with E-state index < -0.39 is 17.2 Å². The van der Waals surface area contributed by atoms with Crippen molar-refractivity contribution in [2.45, 2.75) is 24.6 Å². The van der Waals surface area contributed by atoms with Crippen LogP contribution in [0.1, 0.15) is 13.3 Å². The van der Waals surface area contributed by atoms with Crippen molar-refractivity contribution >= 4 is 11.6 Å². The Labute approximate surface area is 63.9 Å². The summed E-state index contributed by atoms with van der Waals surface area (Å²) in [6.45, 7) is 1.81. The number of hydrogen-bond acceptors (Lipinski definition) is 0. The van der Waals surface area contributed by atoms with Gasteiger partial charge in [-0.2, -0.15) is 0 Å². The Kier molecular flexibility index (Phi) is 1.99. The smallest absolute Gasteiger partial charge is 0.205 e. The van der Waals surface area contributed by atoms with E-state index in [1.807, 2.05) is 6.92 Å². The number of rotatable bonds is 2. The van der Waals surface area contributed by atoms with Crippen LogP contribution in [0.4, 0.5) is 8.78 Å². The minimum Gasteiger partial charge on any atom is -0.205 e. The molecule has 1 saturated carbocycles. The van der Waals surface area contributed by atoms with E-state index in [1.165, 1.54) is 0 Å². The molecule has 0 aliphatic heterocycles. The van der Waals surface area contributed by atoms with Gasteiger partial charge in [0.15, 0.2) is 0 Å². The first-order valence-corrected chi connectivity index (χ1v) is 3.67. The van der Waals surface area contributed by atoms with Gasteiger partial charge in [0, 0.05) is 5.92 Å². The minimum atomic E-state index is -2.61. The van der Waals surface area contributed by atoms with Gasteiger partial charge >= 0.3 is 0 Å². The van der Waals surface area contributed by atoms with E-state index >= 15 is 0 Å². The first-order valence-electron chi connectivity index (χ1n) is 3.23. The van der Waals surface area contributed by atoms with Crippen molar-refractivity contribution in [2.75, 3.05) is 0 Å². The highest BCUT2D eigenvalue weighted by atomic mass is 35.5. The molecule has 10 heavy (non-hydrogen) atoms. The summed E-state index contributed by atoms with van der Waals surface area (Å²) in [4.78, 5) is 0. The van der Waals surface area contributed by atoms with Crippen LogP contribution in [-0.4, -0.2) is 11.3 Å². The first-order chi connectivity index (χ1) is 4.60. The average molecular weight is 167 g/mol. The lowest BCUT2D eigenvalue weighted by Gasteiger charge is -1.88. The van der Waals surface area contributed by atoms with Crippen LogP contribution < -0.4 is 0 Å². The molecule has 0 N–H and O–H groups in total. The molecule has 58 valence electrons. The van der Waals surface area contributed by atoms with Crippen LogP contribution >= 0.6 is 11.6 Å². The second-order valence-corrected chi connectivity index (χ2v) is 2.96. The molecule has 0 radical (unpaired) electrons. The van der Waals surface area contributed by atoms with Gasteiger partial charge in [0.05, 0.1) is 0 Å². The lowest BCUT2D eigenvalue weighted by atomic mass is 10.3. The summed E-state index contributed by atoms with van der Waals surface area (Å²) in [5.41, 5.74) is 0. The highest BCUT2D eigenvalue weighted by Crippen LogP contribution is 2.54. The van der Waals surface area contributed by atoms with Gasteiger partial charge in [-0.25, -0.2) is 8.78 Å². The molecule has 0 nitrogen and oxygen atoms in total. The molecule has 3 heteroatoms. The molecule has 0 bridgehead atoms. The van der Waals surface area contributed by atoms with Crippen LogP contribution in [0.15, 0.2) is 12.2 Å².